The molecule has 1 aromatic heterocycles. The van der Waals surface area contributed by atoms with Crippen molar-refractivity contribution in [3.8, 4) is 0 Å². The Bertz CT molecular complexity index is 1210. The minimum atomic E-state index is -4.61. The Morgan fingerprint density at radius 1 is 1.31 bits per heavy atom. The lowest BCUT2D eigenvalue weighted by Gasteiger charge is -2.21. The van der Waals surface area contributed by atoms with Gasteiger partial charge in [-0.1, -0.05) is 17.7 Å². The van der Waals surface area contributed by atoms with Gasteiger partial charge in [-0.05, 0) is 36.6 Å². The molecule has 2 aromatic rings. The van der Waals surface area contributed by atoms with Gasteiger partial charge in [-0.3, -0.25) is 4.79 Å². The number of imidazole rings is 1. The number of carbonyl (C=O) groups is 2. The molecular formula is C22H20ClF5N4O4. The van der Waals surface area contributed by atoms with Gasteiger partial charge in [-0.2, -0.15) is 13.2 Å². The summed E-state index contributed by atoms with van der Waals surface area (Å²) in [6.45, 7) is -1.09. The molecule has 1 fully saturated rings. The van der Waals surface area contributed by atoms with Crippen molar-refractivity contribution in [2.45, 2.75) is 44.5 Å². The van der Waals surface area contributed by atoms with Gasteiger partial charge in [0.05, 0.1) is 28.1 Å². The van der Waals surface area contributed by atoms with Crippen LogP contribution in [0.15, 0.2) is 23.8 Å². The molecule has 1 aromatic carbocycles. The molecule has 1 heterocycles. The molecular weight excluding hydrogens is 515 g/mol. The number of hydrogen-bond acceptors (Lipinski definition) is 5. The summed E-state index contributed by atoms with van der Waals surface area (Å²) in [5.41, 5.74) is -1.04. The maximum atomic E-state index is 13.1. The minimum absolute atomic E-state index is 0.0321. The molecule has 4 rings (SSSR count). The fourth-order valence-electron chi connectivity index (χ4n) is 3.85. The third-order valence-corrected chi connectivity index (χ3v) is 6.30. The van der Waals surface area contributed by atoms with Crippen LogP contribution in [0.25, 0.3) is 6.08 Å². The molecule has 4 N–H and O–H groups in total. The largest absolute Gasteiger partial charge is 0.478 e. The number of alkyl halides is 5. The molecule has 194 valence electrons. The van der Waals surface area contributed by atoms with E-state index in [1.54, 1.807) is 6.07 Å². The molecule has 2 aliphatic rings. The number of carboxylic acid groups (broad SMARTS) is 1. The number of H-pyrrole nitrogens is 1. The number of ether oxygens (including phenoxy) is 1. The molecule has 0 spiro atoms. The van der Waals surface area contributed by atoms with Crippen LogP contribution >= 0.6 is 11.6 Å². The van der Waals surface area contributed by atoms with Crippen molar-refractivity contribution in [3.05, 3.63) is 45.7 Å². The molecule has 0 aliphatic heterocycles. The fourth-order valence-corrected chi connectivity index (χ4v) is 4.02. The average molecular weight is 535 g/mol. The molecule has 0 saturated heterocycles. The summed E-state index contributed by atoms with van der Waals surface area (Å²) in [7, 11) is 0. The summed E-state index contributed by atoms with van der Waals surface area (Å²) < 4.78 is 69.5. The van der Waals surface area contributed by atoms with Gasteiger partial charge in [-0.15, -0.1) is 0 Å². The first-order valence-corrected chi connectivity index (χ1v) is 11.1. The van der Waals surface area contributed by atoms with Crippen LogP contribution in [-0.2, 0) is 27.3 Å². The number of aliphatic carboxylic acids is 1. The van der Waals surface area contributed by atoms with Crippen LogP contribution in [-0.4, -0.2) is 52.3 Å². The summed E-state index contributed by atoms with van der Waals surface area (Å²) in [5.74, 6) is -2.25. The molecule has 0 radical (unpaired) electrons. The Kier molecular flexibility index (Phi) is 6.97. The second-order valence-electron chi connectivity index (χ2n) is 8.47. The zero-order valence-electron chi connectivity index (χ0n) is 18.4. The van der Waals surface area contributed by atoms with E-state index in [0.717, 1.165) is 0 Å². The predicted octanol–water partition coefficient (Wildman–Crippen LogP) is 4.44. The summed E-state index contributed by atoms with van der Waals surface area (Å²) in [6.07, 6.45) is -7.77. The zero-order valence-corrected chi connectivity index (χ0v) is 19.1. The van der Waals surface area contributed by atoms with Crippen molar-refractivity contribution >= 4 is 41.2 Å². The smallest absolute Gasteiger partial charge is 0.403 e. The molecule has 1 amide bonds. The first-order chi connectivity index (χ1) is 16.9. The third kappa shape index (κ3) is 5.31. The van der Waals surface area contributed by atoms with Gasteiger partial charge in [0, 0.05) is 18.7 Å². The van der Waals surface area contributed by atoms with Crippen molar-refractivity contribution in [2.24, 2.45) is 5.41 Å². The van der Waals surface area contributed by atoms with Gasteiger partial charge in [0.2, 0.25) is 11.9 Å². The Labute approximate surface area is 205 Å². The van der Waals surface area contributed by atoms with Crippen LogP contribution in [0.3, 0.4) is 0 Å². The molecule has 1 atom stereocenters. The normalized spacial score (nSPS) is 18.4. The highest BCUT2D eigenvalue weighted by molar-refractivity contribution is 6.33. The number of nitrogens with zero attached hydrogens (tertiary/aromatic N) is 1. The van der Waals surface area contributed by atoms with Crippen molar-refractivity contribution in [3.63, 3.8) is 0 Å². The number of anilines is 2. The van der Waals surface area contributed by atoms with Crippen molar-refractivity contribution in [1.29, 1.82) is 0 Å². The molecule has 14 heteroatoms. The SMILES string of the molecule is O=C(O)C1=Cc2nc(Nc3cc(CNC(=O)C4(C(F)(F)F)CC4)ccc3Cl)[nH]c2CC1OCC(F)F. The summed E-state index contributed by atoms with van der Waals surface area (Å²) >= 11 is 6.22. The number of fused-ring (bicyclic) bond motifs is 1. The number of aromatic nitrogens is 2. The van der Waals surface area contributed by atoms with E-state index in [2.05, 4.69) is 20.6 Å². The van der Waals surface area contributed by atoms with Crippen LogP contribution in [0.5, 0.6) is 0 Å². The lowest BCUT2D eigenvalue weighted by atomic mass is 9.97. The Hall–Kier alpha value is -3.19. The van der Waals surface area contributed by atoms with Crippen LogP contribution in [0.4, 0.5) is 33.6 Å². The van der Waals surface area contributed by atoms with Crippen molar-refractivity contribution in [2.75, 3.05) is 11.9 Å². The van der Waals surface area contributed by atoms with Crippen LogP contribution < -0.4 is 10.6 Å². The van der Waals surface area contributed by atoms with Gasteiger partial charge in [0.1, 0.15) is 12.0 Å². The van der Waals surface area contributed by atoms with E-state index in [9.17, 15) is 36.6 Å². The summed E-state index contributed by atoms with van der Waals surface area (Å²) in [4.78, 5) is 30.8. The second-order valence-corrected chi connectivity index (χ2v) is 8.88. The first kappa shape index (κ1) is 25.9. The number of aromatic amines is 1. The van der Waals surface area contributed by atoms with E-state index in [-0.39, 0.29) is 48.0 Å². The highest BCUT2D eigenvalue weighted by Crippen LogP contribution is 2.57. The topological polar surface area (TPSA) is 116 Å². The van der Waals surface area contributed by atoms with Crippen molar-refractivity contribution in [1.82, 2.24) is 15.3 Å². The first-order valence-electron chi connectivity index (χ1n) is 10.7. The standard InChI is InChI=1S/C22H20ClF5N4O4/c23-12-2-1-10(8-29-19(35)21(3-4-21)22(26,27)28)5-13(12)30-20-31-14-6-11(18(33)34)16(7-15(14)32-20)36-9-17(24)25/h1-2,5-6,16-17H,3-4,7-9H2,(H,29,35)(H,33,34)(H2,30,31,32). The summed E-state index contributed by atoms with van der Waals surface area (Å²) in [5, 5.41) is 14.9. The van der Waals surface area contributed by atoms with E-state index in [1.165, 1.54) is 18.2 Å². The van der Waals surface area contributed by atoms with Gasteiger partial charge in [0.25, 0.3) is 6.43 Å². The Morgan fingerprint density at radius 2 is 2.03 bits per heavy atom. The number of rotatable bonds is 9. The Morgan fingerprint density at radius 3 is 2.64 bits per heavy atom. The number of hydrogen-bond donors (Lipinski definition) is 4. The zero-order chi connectivity index (χ0) is 26.3. The minimum Gasteiger partial charge on any atom is -0.478 e. The lowest BCUT2D eigenvalue weighted by molar-refractivity contribution is -0.192. The average Bonchev–Trinajstić information content (AvgIpc) is 3.53. The van der Waals surface area contributed by atoms with Gasteiger partial charge >= 0.3 is 12.1 Å². The quantitative estimate of drug-likeness (QED) is 0.354. The number of carboxylic acids is 1. The van der Waals surface area contributed by atoms with Gasteiger partial charge < -0.3 is 25.5 Å². The molecule has 1 saturated carbocycles. The van der Waals surface area contributed by atoms with Crippen LogP contribution in [0.1, 0.15) is 29.8 Å². The van der Waals surface area contributed by atoms with Gasteiger partial charge in [-0.25, -0.2) is 18.6 Å². The number of halogens is 6. The van der Waals surface area contributed by atoms with E-state index in [4.69, 9.17) is 16.3 Å². The van der Waals surface area contributed by atoms with Crippen molar-refractivity contribution < 1.29 is 41.4 Å². The fraction of sp³-hybridized carbons (Fsp3) is 0.409. The number of nitrogens with one attached hydrogen (secondary N) is 3. The maximum absolute atomic E-state index is 13.1. The van der Waals surface area contributed by atoms with E-state index >= 15 is 0 Å². The molecule has 2 aliphatic carbocycles. The number of carbonyl (C=O) groups excluding carboxylic acids is 1. The van der Waals surface area contributed by atoms with Crippen LogP contribution in [0, 0.1) is 5.41 Å². The highest BCUT2D eigenvalue weighted by atomic mass is 35.5. The van der Waals surface area contributed by atoms with Crippen LogP contribution in [0.2, 0.25) is 5.02 Å². The highest BCUT2D eigenvalue weighted by Gasteiger charge is 2.68. The summed E-state index contributed by atoms with van der Waals surface area (Å²) in [6, 6.07) is 4.55. The van der Waals surface area contributed by atoms with E-state index in [0.29, 0.717) is 16.9 Å². The predicted molar refractivity (Wildman–Crippen MR) is 118 cm³/mol. The maximum Gasteiger partial charge on any atom is 0.403 e. The van der Waals surface area contributed by atoms with Gasteiger partial charge in [0.15, 0.2) is 0 Å². The number of benzene rings is 1. The molecule has 36 heavy (non-hydrogen) atoms. The lowest BCUT2D eigenvalue weighted by Crippen LogP contribution is -2.40. The third-order valence-electron chi connectivity index (χ3n) is 5.97. The Balaban J connectivity index is 1.46. The monoisotopic (exact) mass is 534 g/mol. The van der Waals surface area contributed by atoms with E-state index < -0.39 is 42.6 Å². The van der Waals surface area contributed by atoms with E-state index in [1.807, 2.05) is 0 Å². The molecule has 0 bridgehead atoms. The molecule has 1 unspecified atom stereocenters. The number of amides is 1. The molecule has 8 nitrogen and oxygen atoms in total. The second kappa shape index (κ2) is 9.69.